The van der Waals surface area contributed by atoms with Crippen LogP contribution in [-0.4, -0.2) is 4.98 Å². The molecule has 244 valence electrons. The number of nitrogens with zero attached hydrogens (tertiary/aromatic N) is 2. The summed E-state index contributed by atoms with van der Waals surface area (Å²) in [5.41, 5.74) is 11.7. The summed E-state index contributed by atoms with van der Waals surface area (Å²) in [5, 5.41) is 6.83. The topological polar surface area (TPSA) is 29.3 Å². The molecule has 0 radical (unpaired) electrons. The third kappa shape index (κ3) is 5.28. The first-order valence-electron chi connectivity index (χ1n) is 17.6. The Bertz CT molecular complexity index is 2880. The Kier molecular flexibility index (Phi) is 7.14. The number of hydrogen-bond donors (Lipinski definition) is 0. The summed E-state index contributed by atoms with van der Waals surface area (Å²) in [5.74, 6) is 0. The summed E-state index contributed by atoms with van der Waals surface area (Å²) in [7, 11) is 0. The summed E-state index contributed by atoms with van der Waals surface area (Å²) in [6.07, 6.45) is 1.92. The lowest BCUT2D eigenvalue weighted by Crippen LogP contribution is -2.10. The zero-order valence-electron chi connectivity index (χ0n) is 28.3. The van der Waals surface area contributed by atoms with Crippen LogP contribution in [0.25, 0.3) is 77.0 Å². The molecule has 0 aliphatic rings. The van der Waals surface area contributed by atoms with Gasteiger partial charge in [-0.15, -0.1) is 0 Å². The summed E-state index contributed by atoms with van der Waals surface area (Å²) in [4.78, 5) is 7.16. The first-order chi connectivity index (χ1) is 25.7. The van der Waals surface area contributed by atoms with Crippen molar-refractivity contribution in [3.05, 3.63) is 194 Å². The van der Waals surface area contributed by atoms with Crippen LogP contribution in [0.5, 0.6) is 0 Å². The minimum atomic E-state index is 0.633. The highest BCUT2D eigenvalue weighted by atomic mass is 16.3. The summed E-state index contributed by atoms with van der Waals surface area (Å²) in [6, 6.07) is 67.0. The van der Waals surface area contributed by atoms with Crippen molar-refractivity contribution >= 4 is 60.7 Å². The average molecular weight is 665 g/mol. The standard InChI is InChI=1S/C49H32N2O/c1-3-11-33(12-4-1)35-19-23-41(24-20-35)51(43-31-47-46-28-37-15-7-8-16-38(37)30-48(46)52-49(47)50-32-43)42-25-21-36(22-26-42)45-29-40(34-13-5-2-6-14-34)27-39-17-9-10-18-44(39)45/h1-32H. The molecule has 0 bridgehead atoms. The third-order valence-corrected chi connectivity index (χ3v) is 10.1. The molecule has 0 N–H and O–H groups in total. The van der Waals surface area contributed by atoms with Gasteiger partial charge in [0.05, 0.1) is 17.3 Å². The Balaban J connectivity index is 1.11. The van der Waals surface area contributed by atoms with Gasteiger partial charge in [-0.1, -0.05) is 133 Å². The maximum atomic E-state index is 6.28. The molecule has 3 heteroatoms. The lowest BCUT2D eigenvalue weighted by molar-refractivity contribution is 0.654. The van der Waals surface area contributed by atoms with E-state index in [2.05, 4.69) is 193 Å². The van der Waals surface area contributed by atoms with Crippen molar-refractivity contribution in [1.29, 1.82) is 0 Å². The second kappa shape index (κ2) is 12.4. The number of pyridine rings is 1. The normalized spacial score (nSPS) is 11.5. The number of rotatable bonds is 6. The van der Waals surface area contributed by atoms with Gasteiger partial charge < -0.3 is 9.32 Å². The SMILES string of the molecule is c1ccc(-c2ccc(N(c3ccc(-c4cc(-c5ccccc5)cc5ccccc45)cc3)c3cnc4oc5cc6ccccc6cc5c4c3)cc2)cc1. The van der Waals surface area contributed by atoms with Crippen LogP contribution in [0.15, 0.2) is 199 Å². The Hall–Kier alpha value is -6.97. The smallest absolute Gasteiger partial charge is 0.227 e. The molecule has 0 spiro atoms. The van der Waals surface area contributed by atoms with E-state index in [1.165, 1.54) is 49.5 Å². The fraction of sp³-hybridized carbons (Fsp3) is 0. The van der Waals surface area contributed by atoms with Crippen molar-refractivity contribution in [3.8, 4) is 33.4 Å². The number of anilines is 3. The first-order valence-corrected chi connectivity index (χ1v) is 17.6. The van der Waals surface area contributed by atoms with Crippen LogP contribution in [0.2, 0.25) is 0 Å². The van der Waals surface area contributed by atoms with Crippen LogP contribution < -0.4 is 4.90 Å². The Morgan fingerprint density at radius 2 is 0.923 bits per heavy atom. The minimum absolute atomic E-state index is 0.633. The maximum Gasteiger partial charge on any atom is 0.227 e. The van der Waals surface area contributed by atoms with Crippen LogP contribution in [0, 0.1) is 0 Å². The fourth-order valence-electron chi connectivity index (χ4n) is 7.47. The molecule has 52 heavy (non-hydrogen) atoms. The van der Waals surface area contributed by atoms with Crippen molar-refractivity contribution in [2.45, 2.75) is 0 Å². The molecule has 0 amide bonds. The third-order valence-electron chi connectivity index (χ3n) is 10.1. The van der Waals surface area contributed by atoms with Crippen molar-refractivity contribution in [2.24, 2.45) is 0 Å². The second-order valence-corrected chi connectivity index (χ2v) is 13.2. The predicted octanol–water partition coefficient (Wildman–Crippen LogP) is 13.8. The van der Waals surface area contributed by atoms with Gasteiger partial charge in [0.25, 0.3) is 0 Å². The van der Waals surface area contributed by atoms with Gasteiger partial charge in [0.1, 0.15) is 5.58 Å². The van der Waals surface area contributed by atoms with Gasteiger partial charge in [0.2, 0.25) is 5.71 Å². The predicted molar refractivity (Wildman–Crippen MR) is 218 cm³/mol. The molecule has 0 fully saturated rings. The van der Waals surface area contributed by atoms with E-state index in [0.717, 1.165) is 38.8 Å². The van der Waals surface area contributed by atoms with Crippen LogP contribution >= 0.6 is 0 Å². The van der Waals surface area contributed by atoms with E-state index in [1.807, 2.05) is 6.20 Å². The quantitative estimate of drug-likeness (QED) is 0.177. The van der Waals surface area contributed by atoms with Gasteiger partial charge in [0.15, 0.2) is 0 Å². The zero-order chi connectivity index (χ0) is 34.4. The molecule has 0 saturated heterocycles. The molecule has 10 rings (SSSR count). The van der Waals surface area contributed by atoms with E-state index in [1.54, 1.807) is 0 Å². The largest absolute Gasteiger partial charge is 0.438 e. The highest BCUT2D eigenvalue weighted by Crippen LogP contribution is 2.41. The monoisotopic (exact) mass is 664 g/mol. The number of aromatic nitrogens is 1. The van der Waals surface area contributed by atoms with Crippen molar-refractivity contribution in [1.82, 2.24) is 4.98 Å². The Morgan fingerprint density at radius 1 is 0.365 bits per heavy atom. The second-order valence-electron chi connectivity index (χ2n) is 13.2. The highest BCUT2D eigenvalue weighted by molar-refractivity contribution is 6.10. The van der Waals surface area contributed by atoms with Crippen LogP contribution in [-0.2, 0) is 0 Å². The van der Waals surface area contributed by atoms with E-state index in [-0.39, 0.29) is 0 Å². The first kappa shape index (κ1) is 29.9. The van der Waals surface area contributed by atoms with Gasteiger partial charge in [-0.3, -0.25) is 0 Å². The van der Waals surface area contributed by atoms with E-state index < -0.39 is 0 Å². The van der Waals surface area contributed by atoms with Crippen LogP contribution in [0.1, 0.15) is 0 Å². The minimum Gasteiger partial charge on any atom is -0.438 e. The molecule has 8 aromatic carbocycles. The fourth-order valence-corrected chi connectivity index (χ4v) is 7.47. The number of fused-ring (bicyclic) bond motifs is 5. The van der Waals surface area contributed by atoms with Crippen LogP contribution in [0.4, 0.5) is 17.1 Å². The van der Waals surface area contributed by atoms with Gasteiger partial charge in [-0.2, -0.15) is 0 Å². The van der Waals surface area contributed by atoms with E-state index in [4.69, 9.17) is 9.40 Å². The lowest BCUT2D eigenvalue weighted by atomic mass is 9.93. The van der Waals surface area contributed by atoms with Gasteiger partial charge >= 0.3 is 0 Å². The summed E-state index contributed by atoms with van der Waals surface area (Å²) in [6.45, 7) is 0. The molecule has 2 aromatic heterocycles. The number of hydrogen-bond acceptors (Lipinski definition) is 3. The van der Waals surface area contributed by atoms with E-state index >= 15 is 0 Å². The molecular formula is C49H32N2O. The molecule has 0 saturated carbocycles. The molecule has 3 nitrogen and oxygen atoms in total. The Morgan fingerprint density at radius 3 is 1.62 bits per heavy atom. The lowest BCUT2D eigenvalue weighted by Gasteiger charge is -2.25. The number of furan rings is 1. The molecule has 0 aliphatic carbocycles. The maximum absolute atomic E-state index is 6.28. The highest BCUT2D eigenvalue weighted by Gasteiger charge is 2.18. The molecule has 10 aromatic rings. The average Bonchev–Trinajstić information content (AvgIpc) is 3.57. The van der Waals surface area contributed by atoms with E-state index in [0.29, 0.717) is 5.71 Å². The van der Waals surface area contributed by atoms with Crippen molar-refractivity contribution in [2.75, 3.05) is 4.90 Å². The van der Waals surface area contributed by atoms with Crippen molar-refractivity contribution < 1.29 is 4.42 Å². The molecule has 0 aliphatic heterocycles. The van der Waals surface area contributed by atoms with Gasteiger partial charge in [0, 0.05) is 16.8 Å². The van der Waals surface area contributed by atoms with E-state index in [9.17, 15) is 0 Å². The molecular weight excluding hydrogens is 633 g/mol. The molecule has 2 heterocycles. The summed E-state index contributed by atoms with van der Waals surface area (Å²) >= 11 is 0. The molecule has 0 atom stereocenters. The Labute approximate surface area is 301 Å². The number of benzene rings is 8. The van der Waals surface area contributed by atoms with Gasteiger partial charge in [-0.05, 0) is 110 Å². The van der Waals surface area contributed by atoms with Crippen molar-refractivity contribution in [3.63, 3.8) is 0 Å². The summed E-state index contributed by atoms with van der Waals surface area (Å²) < 4.78 is 6.28. The van der Waals surface area contributed by atoms with Crippen LogP contribution in [0.3, 0.4) is 0 Å². The molecule has 0 unspecified atom stereocenters. The zero-order valence-corrected chi connectivity index (χ0v) is 28.3. The van der Waals surface area contributed by atoms with Gasteiger partial charge in [-0.25, -0.2) is 4.98 Å².